The normalized spacial score (nSPS) is 8.50. The summed E-state index contributed by atoms with van der Waals surface area (Å²) in [6.07, 6.45) is 0.889. The van der Waals surface area contributed by atoms with Crippen LogP contribution in [0.3, 0.4) is 0 Å². The van der Waals surface area contributed by atoms with Crippen LogP contribution in [-0.4, -0.2) is 25.0 Å². The van der Waals surface area contributed by atoms with E-state index in [0.29, 0.717) is 6.29 Å². The number of carbonyl (C=O) groups excluding carboxylic acids is 2. The first-order valence-corrected chi connectivity index (χ1v) is 2.94. The number of aldehydes is 1. The van der Waals surface area contributed by atoms with Gasteiger partial charge in [-0.25, -0.2) is 0 Å². The third-order valence-electron chi connectivity index (χ3n) is 1.04. The smallest absolute Gasteiger partial charge is 0.220 e. The van der Waals surface area contributed by atoms with Gasteiger partial charge in [-0.05, 0) is 0 Å². The minimum atomic E-state index is -0.147. The molecule has 56 valence electrons. The molecule has 0 spiro atoms. The molecule has 0 rings (SSSR count). The van der Waals surface area contributed by atoms with E-state index in [-0.39, 0.29) is 24.5 Å². The van der Waals surface area contributed by atoms with Crippen molar-refractivity contribution >= 4 is 17.9 Å². The lowest BCUT2D eigenvalue weighted by Crippen LogP contribution is -2.18. The van der Waals surface area contributed by atoms with Crippen LogP contribution < -0.4 is 5.32 Å². The Balaban J connectivity index is 3.44. The lowest BCUT2D eigenvalue weighted by atomic mass is 10.2. The molecule has 0 aromatic heterocycles. The summed E-state index contributed by atoms with van der Waals surface area (Å²) in [6.45, 7) is 0. The monoisotopic (exact) mass is 142 g/mol. The van der Waals surface area contributed by atoms with Crippen LogP contribution in [0.15, 0.2) is 0 Å². The summed E-state index contributed by atoms with van der Waals surface area (Å²) in [5.74, 6) is -0.147. The second-order valence-electron chi connectivity index (χ2n) is 1.82. The van der Waals surface area contributed by atoms with E-state index in [9.17, 15) is 9.59 Å². The van der Waals surface area contributed by atoms with Gasteiger partial charge in [-0.15, -0.1) is 0 Å². The van der Waals surface area contributed by atoms with Gasteiger partial charge in [0.15, 0.2) is 6.29 Å². The second kappa shape index (κ2) is 4.67. The van der Waals surface area contributed by atoms with Gasteiger partial charge in [0.25, 0.3) is 0 Å². The van der Waals surface area contributed by atoms with E-state index < -0.39 is 0 Å². The highest BCUT2D eigenvalue weighted by molar-refractivity contribution is 6.26. The van der Waals surface area contributed by atoms with Gasteiger partial charge < -0.3 is 10.7 Å². The van der Waals surface area contributed by atoms with Crippen LogP contribution >= 0.6 is 0 Å². The van der Waals surface area contributed by atoms with E-state index in [2.05, 4.69) is 5.32 Å². The van der Waals surface area contributed by atoms with Gasteiger partial charge in [-0.3, -0.25) is 9.59 Å². The van der Waals surface area contributed by atoms with Crippen molar-refractivity contribution in [2.45, 2.75) is 12.8 Å². The summed E-state index contributed by atoms with van der Waals surface area (Å²) < 4.78 is 0. The number of rotatable bonds is 4. The first kappa shape index (κ1) is 8.81. The zero-order chi connectivity index (χ0) is 7.98. The molecule has 0 heterocycles. The fourth-order valence-corrected chi connectivity index (χ4v) is 0.432. The van der Waals surface area contributed by atoms with E-state index in [1.165, 1.54) is 7.05 Å². The summed E-state index contributed by atoms with van der Waals surface area (Å²) in [5.41, 5.74) is -0.0383. The zero-order valence-corrected chi connectivity index (χ0v) is 5.81. The molecule has 4 heteroatoms. The Labute approximate surface area is 59.1 Å². The van der Waals surface area contributed by atoms with Crippen molar-refractivity contribution in [1.29, 1.82) is 5.41 Å². The van der Waals surface area contributed by atoms with Crippen LogP contribution in [0, 0.1) is 5.41 Å². The maximum absolute atomic E-state index is 10.5. The zero-order valence-electron chi connectivity index (χ0n) is 5.81. The van der Waals surface area contributed by atoms with E-state index in [4.69, 9.17) is 5.41 Å². The highest BCUT2D eigenvalue weighted by Crippen LogP contribution is 1.87. The van der Waals surface area contributed by atoms with Gasteiger partial charge in [0, 0.05) is 19.9 Å². The fraction of sp³-hybridized carbons (Fsp3) is 0.500. The minimum Gasteiger partial charge on any atom is -0.359 e. The molecular weight excluding hydrogens is 132 g/mol. The molecule has 0 saturated carbocycles. The number of hydrogen-bond acceptors (Lipinski definition) is 3. The highest BCUT2D eigenvalue weighted by atomic mass is 16.1. The van der Waals surface area contributed by atoms with Crippen LogP contribution in [0.2, 0.25) is 0 Å². The number of hydrogen-bond donors (Lipinski definition) is 2. The lowest BCUT2D eigenvalue weighted by Gasteiger charge is -1.95. The predicted molar refractivity (Wildman–Crippen MR) is 37.1 cm³/mol. The van der Waals surface area contributed by atoms with E-state index in [1.54, 1.807) is 0 Å². The largest absolute Gasteiger partial charge is 0.359 e. The molecule has 1 amide bonds. The molecule has 0 aromatic rings. The van der Waals surface area contributed by atoms with Crippen LogP contribution in [0.5, 0.6) is 0 Å². The Morgan fingerprint density at radius 3 is 2.60 bits per heavy atom. The summed E-state index contributed by atoms with van der Waals surface area (Å²) in [4.78, 5) is 20.4. The predicted octanol–water partition coefficient (Wildman–Crippen LogP) is -0.269. The first-order valence-electron chi connectivity index (χ1n) is 2.94. The molecule has 0 saturated heterocycles. The molecule has 0 radical (unpaired) electrons. The van der Waals surface area contributed by atoms with Crippen molar-refractivity contribution in [3.8, 4) is 0 Å². The van der Waals surface area contributed by atoms with Gasteiger partial charge in [0.2, 0.25) is 5.91 Å². The molecule has 2 N–H and O–H groups in total. The van der Waals surface area contributed by atoms with Gasteiger partial charge in [-0.2, -0.15) is 0 Å². The number of nitrogens with one attached hydrogen (secondary N) is 2. The molecule has 0 aromatic carbocycles. The Morgan fingerprint density at radius 1 is 1.60 bits per heavy atom. The third-order valence-corrected chi connectivity index (χ3v) is 1.04. The topological polar surface area (TPSA) is 70.0 Å². The Hall–Kier alpha value is -1.19. The maximum Gasteiger partial charge on any atom is 0.220 e. The minimum absolute atomic E-state index is 0.0383. The van der Waals surface area contributed by atoms with Gasteiger partial charge in [-0.1, -0.05) is 0 Å². The SMILES string of the molecule is CNC(=O)CCC(=N)C=O. The molecule has 0 aliphatic carbocycles. The van der Waals surface area contributed by atoms with Gasteiger partial charge in [0.05, 0.1) is 5.71 Å². The van der Waals surface area contributed by atoms with E-state index >= 15 is 0 Å². The maximum atomic E-state index is 10.5. The molecule has 0 aliphatic heterocycles. The van der Waals surface area contributed by atoms with Crippen molar-refractivity contribution in [2.24, 2.45) is 0 Å². The van der Waals surface area contributed by atoms with E-state index in [0.717, 1.165) is 0 Å². The van der Waals surface area contributed by atoms with Crippen LogP contribution in [0.1, 0.15) is 12.8 Å². The number of carbonyl (C=O) groups is 2. The Kier molecular flexibility index (Phi) is 4.11. The molecule has 4 nitrogen and oxygen atoms in total. The molecule has 0 aliphatic rings. The summed E-state index contributed by atoms with van der Waals surface area (Å²) in [7, 11) is 1.52. The Bertz CT molecular complexity index is 154. The van der Waals surface area contributed by atoms with E-state index in [1.807, 2.05) is 0 Å². The van der Waals surface area contributed by atoms with Crippen LogP contribution in [-0.2, 0) is 9.59 Å². The molecule has 0 bridgehead atoms. The molecular formula is C6H10N2O2. The van der Waals surface area contributed by atoms with Crippen molar-refractivity contribution in [1.82, 2.24) is 5.32 Å². The molecule has 0 atom stereocenters. The summed E-state index contributed by atoms with van der Waals surface area (Å²) >= 11 is 0. The second-order valence-corrected chi connectivity index (χ2v) is 1.82. The van der Waals surface area contributed by atoms with Crippen LogP contribution in [0.25, 0.3) is 0 Å². The van der Waals surface area contributed by atoms with Crippen LogP contribution in [0.4, 0.5) is 0 Å². The third kappa shape index (κ3) is 3.77. The average molecular weight is 142 g/mol. The molecule has 0 fully saturated rings. The lowest BCUT2D eigenvalue weighted by molar-refractivity contribution is -0.120. The standard InChI is InChI=1S/C6H10N2O2/c1-8-6(10)3-2-5(7)4-9/h4,7H,2-3H2,1H3,(H,8,10). The van der Waals surface area contributed by atoms with Crippen molar-refractivity contribution in [3.05, 3.63) is 0 Å². The van der Waals surface area contributed by atoms with Crippen molar-refractivity contribution in [3.63, 3.8) is 0 Å². The first-order chi connectivity index (χ1) is 4.70. The summed E-state index contributed by atoms with van der Waals surface area (Å²) in [6, 6.07) is 0. The Morgan fingerprint density at radius 2 is 2.20 bits per heavy atom. The van der Waals surface area contributed by atoms with Gasteiger partial charge >= 0.3 is 0 Å². The fourth-order valence-electron chi connectivity index (χ4n) is 0.432. The van der Waals surface area contributed by atoms with Crippen molar-refractivity contribution in [2.75, 3.05) is 7.05 Å². The number of amides is 1. The van der Waals surface area contributed by atoms with Gasteiger partial charge in [0.1, 0.15) is 0 Å². The molecule has 0 unspecified atom stereocenters. The van der Waals surface area contributed by atoms with Crippen molar-refractivity contribution < 1.29 is 9.59 Å². The molecule has 10 heavy (non-hydrogen) atoms. The average Bonchev–Trinajstić information content (AvgIpc) is 1.99. The summed E-state index contributed by atoms with van der Waals surface area (Å²) in [5, 5.41) is 9.25. The highest BCUT2D eigenvalue weighted by Gasteiger charge is 1.99. The quantitative estimate of drug-likeness (QED) is 0.419.